The summed E-state index contributed by atoms with van der Waals surface area (Å²) in [7, 11) is 0. The van der Waals surface area contributed by atoms with Crippen molar-refractivity contribution < 1.29 is 14.7 Å². The lowest BCUT2D eigenvalue weighted by molar-refractivity contribution is -0.124. The van der Waals surface area contributed by atoms with Crippen molar-refractivity contribution >= 4 is 39.6 Å². The van der Waals surface area contributed by atoms with E-state index in [1.54, 1.807) is 30.3 Å². The third kappa shape index (κ3) is 5.51. The third-order valence-electron chi connectivity index (χ3n) is 3.06. The summed E-state index contributed by atoms with van der Waals surface area (Å²) in [6.07, 6.45) is 1.39. The van der Waals surface area contributed by atoms with Crippen molar-refractivity contribution in [2.75, 3.05) is 5.32 Å². The Morgan fingerprint density at radius 2 is 1.71 bits per heavy atom. The van der Waals surface area contributed by atoms with Crippen LogP contribution in [0, 0.1) is 0 Å². The normalized spacial score (nSPS) is 10.5. The number of amides is 2. The standard InChI is InChI=1S/C17H16BrN3O3/c18-13-6-2-3-7-14(13)20-16(23)9-10-17(24)21-19-11-12-5-1-4-8-15(12)22/h1-8,11,22H,9-10H2,(H,20,23)(H,21,24). The number of hydrazone groups is 1. The highest BCUT2D eigenvalue weighted by Crippen LogP contribution is 2.21. The van der Waals surface area contributed by atoms with Crippen LogP contribution in [0.1, 0.15) is 18.4 Å². The molecule has 0 aliphatic heterocycles. The Bertz CT molecular complexity index is 762. The Morgan fingerprint density at radius 1 is 1.04 bits per heavy atom. The average molecular weight is 390 g/mol. The Balaban J connectivity index is 1.76. The van der Waals surface area contributed by atoms with Gasteiger partial charge < -0.3 is 10.4 Å². The predicted octanol–water partition coefficient (Wildman–Crippen LogP) is 3.02. The van der Waals surface area contributed by atoms with E-state index in [1.165, 1.54) is 12.3 Å². The van der Waals surface area contributed by atoms with Crippen molar-refractivity contribution in [3.8, 4) is 5.75 Å². The molecule has 0 saturated carbocycles. The van der Waals surface area contributed by atoms with Crippen LogP contribution in [-0.4, -0.2) is 23.1 Å². The molecule has 3 N–H and O–H groups in total. The lowest BCUT2D eigenvalue weighted by Crippen LogP contribution is -2.20. The number of carbonyl (C=O) groups excluding carboxylic acids is 2. The summed E-state index contributed by atoms with van der Waals surface area (Å²) in [5.74, 6) is -0.575. The molecule has 0 aliphatic carbocycles. The second-order valence-corrected chi connectivity index (χ2v) is 5.73. The highest BCUT2D eigenvalue weighted by atomic mass is 79.9. The molecule has 0 heterocycles. The number of hydrogen-bond donors (Lipinski definition) is 3. The summed E-state index contributed by atoms with van der Waals surface area (Å²) in [5.41, 5.74) is 3.46. The van der Waals surface area contributed by atoms with E-state index in [1.807, 2.05) is 12.1 Å². The van der Waals surface area contributed by atoms with Crippen molar-refractivity contribution in [2.24, 2.45) is 5.10 Å². The smallest absolute Gasteiger partial charge is 0.240 e. The second kappa shape index (κ2) is 8.83. The maximum absolute atomic E-state index is 11.8. The first kappa shape index (κ1) is 17.7. The number of anilines is 1. The van der Waals surface area contributed by atoms with Crippen molar-refractivity contribution in [2.45, 2.75) is 12.8 Å². The lowest BCUT2D eigenvalue weighted by Gasteiger charge is -2.06. The number of rotatable bonds is 6. The zero-order valence-electron chi connectivity index (χ0n) is 12.7. The van der Waals surface area contributed by atoms with E-state index >= 15 is 0 Å². The van der Waals surface area contributed by atoms with Gasteiger partial charge in [-0.15, -0.1) is 0 Å². The zero-order valence-corrected chi connectivity index (χ0v) is 14.3. The Morgan fingerprint density at radius 3 is 2.46 bits per heavy atom. The number of nitrogens with zero attached hydrogens (tertiary/aromatic N) is 1. The van der Waals surface area contributed by atoms with Gasteiger partial charge in [0, 0.05) is 22.9 Å². The van der Waals surface area contributed by atoms with Crippen LogP contribution in [-0.2, 0) is 9.59 Å². The number of hydrogen-bond acceptors (Lipinski definition) is 4. The van der Waals surface area contributed by atoms with Gasteiger partial charge in [0.15, 0.2) is 0 Å². The molecule has 2 rings (SSSR count). The van der Waals surface area contributed by atoms with E-state index in [0.717, 1.165) is 4.47 Å². The molecule has 124 valence electrons. The van der Waals surface area contributed by atoms with Gasteiger partial charge in [-0.3, -0.25) is 9.59 Å². The molecule has 0 aliphatic rings. The van der Waals surface area contributed by atoms with Crippen LogP contribution in [0.4, 0.5) is 5.69 Å². The summed E-state index contributed by atoms with van der Waals surface area (Å²) < 4.78 is 0.773. The molecule has 24 heavy (non-hydrogen) atoms. The number of halogens is 1. The van der Waals surface area contributed by atoms with Gasteiger partial charge in [0.25, 0.3) is 0 Å². The zero-order chi connectivity index (χ0) is 17.4. The van der Waals surface area contributed by atoms with Gasteiger partial charge in [0.1, 0.15) is 5.75 Å². The summed E-state index contributed by atoms with van der Waals surface area (Å²) in [6.45, 7) is 0. The molecule has 0 aromatic heterocycles. The Hall–Kier alpha value is -2.67. The van der Waals surface area contributed by atoms with Gasteiger partial charge >= 0.3 is 0 Å². The quantitative estimate of drug-likeness (QED) is 0.523. The average Bonchev–Trinajstić information content (AvgIpc) is 2.57. The van der Waals surface area contributed by atoms with Gasteiger partial charge in [-0.05, 0) is 40.2 Å². The summed E-state index contributed by atoms with van der Waals surface area (Å²) in [6, 6.07) is 13.8. The molecule has 0 radical (unpaired) electrons. The minimum atomic E-state index is -0.385. The van der Waals surface area contributed by atoms with Crippen molar-refractivity contribution in [3.63, 3.8) is 0 Å². The topological polar surface area (TPSA) is 90.8 Å². The summed E-state index contributed by atoms with van der Waals surface area (Å²) >= 11 is 3.33. The van der Waals surface area contributed by atoms with Crippen molar-refractivity contribution in [1.29, 1.82) is 0 Å². The van der Waals surface area contributed by atoms with Crippen LogP contribution in [0.3, 0.4) is 0 Å². The monoisotopic (exact) mass is 389 g/mol. The molecule has 0 atom stereocenters. The number of phenols is 1. The second-order valence-electron chi connectivity index (χ2n) is 4.88. The van der Waals surface area contributed by atoms with E-state index in [9.17, 15) is 14.7 Å². The third-order valence-corrected chi connectivity index (χ3v) is 3.75. The highest BCUT2D eigenvalue weighted by molar-refractivity contribution is 9.10. The van der Waals surface area contributed by atoms with E-state index < -0.39 is 0 Å². The SMILES string of the molecule is O=C(CCC(=O)Nc1ccccc1Br)NN=Cc1ccccc1O. The molecule has 0 unspecified atom stereocenters. The first-order valence-electron chi connectivity index (χ1n) is 7.20. The maximum atomic E-state index is 11.8. The van der Waals surface area contributed by atoms with E-state index in [4.69, 9.17) is 0 Å². The van der Waals surface area contributed by atoms with Crippen LogP contribution in [0.15, 0.2) is 58.1 Å². The first-order chi connectivity index (χ1) is 11.6. The van der Waals surface area contributed by atoms with E-state index in [-0.39, 0.29) is 30.4 Å². The molecular formula is C17H16BrN3O3. The molecule has 2 aromatic carbocycles. The Kier molecular flexibility index (Phi) is 6.51. The van der Waals surface area contributed by atoms with Gasteiger partial charge in [-0.2, -0.15) is 5.10 Å². The maximum Gasteiger partial charge on any atom is 0.240 e. The molecule has 0 spiro atoms. The lowest BCUT2D eigenvalue weighted by atomic mass is 10.2. The number of nitrogens with one attached hydrogen (secondary N) is 2. The number of phenolic OH excluding ortho intramolecular Hbond substituents is 1. The number of aromatic hydroxyl groups is 1. The van der Waals surface area contributed by atoms with Crippen molar-refractivity contribution in [1.82, 2.24) is 5.43 Å². The fraction of sp³-hybridized carbons (Fsp3) is 0.118. The minimum absolute atomic E-state index is 0.00833. The number of carbonyl (C=O) groups is 2. The fourth-order valence-electron chi connectivity index (χ4n) is 1.83. The fourth-order valence-corrected chi connectivity index (χ4v) is 2.21. The predicted molar refractivity (Wildman–Crippen MR) is 95.8 cm³/mol. The van der Waals surface area contributed by atoms with Crippen LogP contribution in [0.5, 0.6) is 5.75 Å². The highest BCUT2D eigenvalue weighted by Gasteiger charge is 2.08. The molecular weight excluding hydrogens is 374 g/mol. The molecule has 2 amide bonds. The van der Waals surface area contributed by atoms with Crippen molar-refractivity contribution in [3.05, 3.63) is 58.6 Å². The summed E-state index contributed by atoms with van der Waals surface area (Å²) in [4.78, 5) is 23.5. The van der Waals surface area contributed by atoms with Crippen LogP contribution in [0.2, 0.25) is 0 Å². The van der Waals surface area contributed by atoms with Crippen LogP contribution in [0.25, 0.3) is 0 Å². The molecule has 6 nitrogen and oxygen atoms in total. The summed E-state index contributed by atoms with van der Waals surface area (Å²) in [5, 5.41) is 16.0. The molecule has 0 fully saturated rings. The molecule has 0 saturated heterocycles. The van der Waals surface area contributed by atoms with Gasteiger partial charge in [0.05, 0.1) is 11.9 Å². The van der Waals surface area contributed by atoms with Gasteiger partial charge in [0.2, 0.25) is 11.8 Å². The van der Waals surface area contributed by atoms with Gasteiger partial charge in [-0.1, -0.05) is 24.3 Å². The number of benzene rings is 2. The molecule has 0 bridgehead atoms. The van der Waals surface area contributed by atoms with Crippen LogP contribution < -0.4 is 10.7 Å². The van der Waals surface area contributed by atoms with E-state index in [2.05, 4.69) is 31.8 Å². The molecule has 7 heteroatoms. The molecule has 2 aromatic rings. The minimum Gasteiger partial charge on any atom is -0.507 e. The first-order valence-corrected chi connectivity index (χ1v) is 8.00. The van der Waals surface area contributed by atoms with Crippen LogP contribution >= 0.6 is 15.9 Å². The number of para-hydroxylation sites is 2. The Labute approximate surface area is 147 Å². The largest absolute Gasteiger partial charge is 0.507 e. The van der Waals surface area contributed by atoms with E-state index in [0.29, 0.717) is 11.3 Å². The van der Waals surface area contributed by atoms with Gasteiger partial charge in [-0.25, -0.2) is 5.43 Å².